The topological polar surface area (TPSA) is 138 Å². The van der Waals surface area contributed by atoms with Crippen molar-refractivity contribution >= 4 is 33.3 Å². The van der Waals surface area contributed by atoms with Crippen LogP contribution in [0.15, 0.2) is 71.6 Å². The van der Waals surface area contributed by atoms with E-state index in [1.807, 2.05) is 6.92 Å². The molecule has 3 amide bonds. The molecule has 1 heterocycles. The van der Waals surface area contributed by atoms with Crippen LogP contribution in [0.4, 0.5) is 20.6 Å². The zero-order chi connectivity index (χ0) is 31.3. The fourth-order valence-electron chi connectivity index (χ4n) is 4.58. The molecule has 13 heteroatoms. The maximum Gasteiger partial charge on any atom is 0.321 e. The fourth-order valence-corrected chi connectivity index (χ4v) is 5.63. The van der Waals surface area contributed by atoms with Gasteiger partial charge in [0.15, 0.2) is 0 Å². The van der Waals surface area contributed by atoms with Crippen molar-refractivity contribution in [1.29, 1.82) is 0 Å². The lowest BCUT2D eigenvalue weighted by molar-refractivity contribution is 0.0371. The first-order valence-electron chi connectivity index (χ1n) is 13.6. The van der Waals surface area contributed by atoms with Crippen LogP contribution in [0.3, 0.4) is 0 Å². The van der Waals surface area contributed by atoms with Gasteiger partial charge < -0.3 is 29.7 Å². The molecular formula is C30H35FN4O7S. The van der Waals surface area contributed by atoms with Crippen molar-refractivity contribution in [3.8, 4) is 11.5 Å². The standard InChI is InChI=1S/C30H35FN4O7S/c1-19-16-35(20(2)18-36)29(37)26-15-23(33-43(39,40)25-12-5-21(31)6-13-25)9-14-27(26)42-28(19)17-34(3)30(38)32-22-7-10-24(41-4)11-8-22/h5-15,19-20,28,33,36H,16-18H2,1-4H3,(H,32,38)/t19-,20+,28-/m0/s1. The van der Waals surface area contributed by atoms with E-state index in [0.717, 1.165) is 24.3 Å². The van der Waals surface area contributed by atoms with E-state index < -0.39 is 33.9 Å². The predicted molar refractivity (Wildman–Crippen MR) is 159 cm³/mol. The number of fused-ring (bicyclic) bond motifs is 1. The maximum atomic E-state index is 13.7. The van der Waals surface area contributed by atoms with Crippen molar-refractivity contribution in [1.82, 2.24) is 9.80 Å². The second-order valence-electron chi connectivity index (χ2n) is 10.4. The van der Waals surface area contributed by atoms with Gasteiger partial charge >= 0.3 is 6.03 Å². The zero-order valence-electron chi connectivity index (χ0n) is 24.3. The number of urea groups is 1. The van der Waals surface area contributed by atoms with E-state index >= 15 is 0 Å². The summed E-state index contributed by atoms with van der Waals surface area (Å²) in [4.78, 5) is 29.5. The van der Waals surface area contributed by atoms with E-state index in [1.54, 1.807) is 45.3 Å². The summed E-state index contributed by atoms with van der Waals surface area (Å²) in [6, 6.07) is 14.6. The quantitative estimate of drug-likeness (QED) is 0.331. The lowest BCUT2D eigenvalue weighted by atomic mass is 9.99. The number of ether oxygens (including phenoxy) is 2. The van der Waals surface area contributed by atoms with Crippen LogP contribution in [0.5, 0.6) is 11.5 Å². The Hall–Kier alpha value is -4.36. The number of sulfonamides is 1. The molecule has 0 radical (unpaired) electrons. The lowest BCUT2D eigenvalue weighted by Crippen LogP contribution is -2.50. The molecule has 0 bridgehead atoms. The number of methoxy groups -OCH3 is 1. The number of carbonyl (C=O) groups is 2. The van der Waals surface area contributed by atoms with Gasteiger partial charge in [-0.15, -0.1) is 0 Å². The van der Waals surface area contributed by atoms with Gasteiger partial charge in [0.1, 0.15) is 23.4 Å². The summed E-state index contributed by atoms with van der Waals surface area (Å²) in [7, 11) is -0.900. The smallest absolute Gasteiger partial charge is 0.321 e. The number of rotatable bonds is 9. The van der Waals surface area contributed by atoms with Gasteiger partial charge in [0.2, 0.25) is 0 Å². The molecule has 4 rings (SSSR count). The SMILES string of the molecule is COc1ccc(NC(=O)N(C)C[C@@H]2Oc3ccc(NS(=O)(=O)c4ccc(F)cc4)cc3C(=O)N([C@H](C)CO)C[C@@H]2C)cc1. The van der Waals surface area contributed by atoms with Gasteiger partial charge in [-0.3, -0.25) is 9.52 Å². The molecular weight excluding hydrogens is 579 g/mol. The Morgan fingerprint density at radius 2 is 1.79 bits per heavy atom. The second kappa shape index (κ2) is 13.3. The monoisotopic (exact) mass is 614 g/mol. The summed E-state index contributed by atoms with van der Waals surface area (Å²) in [5.74, 6) is -0.419. The fraction of sp³-hybridized carbons (Fsp3) is 0.333. The number of aliphatic hydroxyl groups is 1. The third-order valence-corrected chi connectivity index (χ3v) is 8.58. The van der Waals surface area contributed by atoms with E-state index in [9.17, 15) is 27.5 Å². The summed E-state index contributed by atoms with van der Waals surface area (Å²) < 4.78 is 53.0. The van der Waals surface area contributed by atoms with E-state index in [4.69, 9.17) is 9.47 Å². The number of anilines is 2. The third-order valence-electron chi connectivity index (χ3n) is 7.18. The maximum absolute atomic E-state index is 13.7. The number of amides is 3. The molecule has 0 aromatic heterocycles. The van der Waals surface area contributed by atoms with Gasteiger partial charge in [-0.05, 0) is 73.7 Å². The highest BCUT2D eigenvalue weighted by Gasteiger charge is 2.34. The normalized spacial score (nSPS) is 17.5. The van der Waals surface area contributed by atoms with E-state index in [-0.39, 0.29) is 53.5 Å². The van der Waals surface area contributed by atoms with E-state index in [0.29, 0.717) is 11.4 Å². The van der Waals surface area contributed by atoms with Gasteiger partial charge in [0, 0.05) is 30.9 Å². The minimum atomic E-state index is -4.08. The van der Waals surface area contributed by atoms with Gasteiger partial charge in [0.05, 0.1) is 36.8 Å². The number of hydrogen-bond acceptors (Lipinski definition) is 7. The van der Waals surface area contributed by atoms with Crippen LogP contribution in [0.25, 0.3) is 0 Å². The van der Waals surface area contributed by atoms with Crippen molar-refractivity contribution in [2.24, 2.45) is 5.92 Å². The minimum absolute atomic E-state index is 0.0850. The highest BCUT2D eigenvalue weighted by Crippen LogP contribution is 2.31. The Morgan fingerprint density at radius 3 is 2.42 bits per heavy atom. The van der Waals surface area contributed by atoms with Gasteiger partial charge in [-0.2, -0.15) is 0 Å². The van der Waals surface area contributed by atoms with Crippen LogP contribution >= 0.6 is 0 Å². The van der Waals surface area contributed by atoms with Crippen molar-refractivity contribution in [3.05, 3.63) is 78.1 Å². The number of hydrogen-bond donors (Lipinski definition) is 3. The highest BCUT2D eigenvalue weighted by molar-refractivity contribution is 7.92. The molecule has 11 nitrogen and oxygen atoms in total. The number of carbonyl (C=O) groups excluding carboxylic acids is 2. The number of nitrogens with one attached hydrogen (secondary N) is 2. The third kappa shape index (κ3) is 7.54. The molecule has 0 unspecified atom stereocenters. The van der Waals surface area contributed by atoms with E-state index in [2.05, 4.69) is 10.0 Å². The molecule has 0 saturated carbocycles. The van der Waals surface area contributed by atoms with Gasteiger partial charge in [-0.1, -0.05) is 6.92 Å². The van der Waals surface area contributed by atoms with Crippen molar-refractivity contribution in [3.63, 3.8) is 0 Å². The Kier molecular flexibility index (Phi) is 9.77. The highest BCUT2D eigenvalue weighted by atomic mass is 32.2. The van der Waals surface area contributed by atoms with E-state index in [1.165, 1.54) is 28.0 Å². The minimum Gasteiger partial charge on any atom is -0.497 e. The van der Waals surface area contributed by atoms with Crippen LogP contribution in [0.1, 0.15) is 24.2 Å². The molecule has 0 saturated heterocycles. The first-order chi connectivity index (χ1) is 20.4. The molecule has 3 atom stereocenters. The van der Waals surface area contributed by atoms with Gasteiger partial charge in [0.25, 0.3) is 15.9 Å². The number of likely N-dealkylation sites (N-methyl/N-ethyl adjacent to an activating group) is 1. The first kappa shape index (κ1) is 31.6. The first-order valence-corrected chi connectivity index (χ1v) is 15.1. The number of aliphatic hydroxyl groups excluding tert-OH is 1. The Labute approximate surface area is 250 Å². The van der Waals surface area contributed by atoms with Crippen LogP contribution < -0.4 is 19.5 Å². The Balaban J connectivity index is 1.59. The Bertz CT molecular complexity index is 1550. The van der Waals surface area contributed by atoms with Crippen LogP contribution in [0, 0.1) is 11.7 Å². The summed E-state index contributed by atoms with van der Waals surface area (Å²) in [5.41, 5.74) is 0.762. The lowest BCUT2D eigenvalue weighted by Gasteiger charge is -2.38. The molecule has 3 aromatic rings. The van der Waals surface area contributed by atoms with Crippen molar-refractivity contribution < 1.29 is 37.0 Å². The average Bonchev–Trinajstić information content (AvgIpc) is 2.99. The van der Waals surface area contributed by atoms with Crippen LogP contribution in [0.2, 0.25) is 0 Å². The Morgan fingerprint density at radius 1 is 1.14 bits per heavy atom. The number of nitrogens with zero attached hydrogens (tertiary/aromatic N) is 2. The molecule has 3 N–H and O–H groups in total. The molecule has 1 aliphatic rings. The number of halogens is 1. The largest absolute Gasteiger partial charge is 0.497 e. The summed E-state index contributed by atoms with van der Waals surface area (Å²) >= 11 is 0. The average molecular weight is 615 g/mol. The summed E-state index contributed by atoms with van der Waals surface area (Å²) in [6.07, 6.45) is -0.561. The molecule has 1 aliphatic heterocycles. The molecule has 0 aliphatic carbocycles. The van der Waals surface area contributed by atoms with Crippen LogP contribution in [-0.2, 0) is 10.0 Å². The van der Waals surface area contributed by atoms with Crippen LogP contribution in [-0.4, -0.2) is 81.3 Å². The van der Waals surface area contributed by atoms with Crippen molar-refractivity contribution in [2.45, 2.75) is 30.9 Å². The van der Waals surface area contributed by atoms with Gasteiger partial charge in [-0.25, -0.2) is 17.6 Å². The second-order valence-corrected chi connectivity index (χ2v) is 12.1. The summed E-state index contributed by atoms with van der Waals surface area (Å²) in [6.45, 7) is 3.68. The molecule has 0 spiro atoms. The molecule has 230 valence electrons. The molecule has 3 aromatic carbocycles. The molecule has 0 fully saturated rings. The predicted octanol–water partition coefficient (Wildman–Crippen LogP) is 4.02. The number of benzene rings is 3. The molecule has 43 heavy (non-hydrogen) atoms. The summed E-state index contributed by atoms with van der Waals surface area (Å²) in [5, 5.41) is 12.7. The zero-order valence-corrected chi connectivity index (χ0v) is 25.1. The van der Waals surface area contributed by atoms with Crippen molar-refractivity contribution in [2.75, 3.05) is 43.9 Å².